The number of nitrogens with zero attached hydrogens (tertiary/aromatic N) is 2. The Labute approximate surface area is 153 Å². The highest BCUT2D eigenvalue weighted by molar-refractivity contribution is 7.89. The van der Waals surface area contributed by atoms with E-state index in [9.17, 15) is 18.3 Å². The van der Waals surface area contributed by atoms with Gasteiger partial charge in [-0.3, -0.25) is 4.79 Å². The first-order chi connectivity index (χ1) is 11.9. The summed E-state index contributed by atoms with van der Waals surface area (Å²) in [6.45, 7) is 1.72. The maximum Gasteiger partial charge on any atom is 0.243 e. The molecule has 6 nitrogen and oxygen atoms in total. The lowest BCUT2D eigenvalue weighted by atomic mass is 9.96. The van der Waals surface area contributed by atoms with Crippen molar-refractivity contribution in [3.63, 3.8) is 0 Å². The molecule has 2 saturated heterocycles. The molecule has 0 aromatic heterocycles. The van der Waals surface area contributed by atoms with E-state index in [1.165, 1.54) is 16.4 Å². The third-order valence-corrected chi connectivity index (χ3v) is 7.09. The van der Waals surface area contributed by atoms with E-state index in [0.29, 0.717) is 50.3 Å². The van der Waals surface area contributed by atoms with Crippen LogP contribution in [0.5, 0.6) is 0 Å². The molecule has 2 aliphatic heterocycles. The van der Waals surface area contributed by atoms with Crippen LogP contribution in [0.4, 0.5) is 0 Å². The topological polar surface area (TPSA) is 77.9 Å². The summed E-state index contributed by atoms with van der Waals surface area (Å²) in [5.74, 6) is -0.311. The summed E-state index contributed by atoms with van der Waals surface area (Å²) in [6, 6.07) is 6.10. The van der Waals surface area contributed by atoms with Gasteiger partial charge in [0.15, 0.2) is 0 Å². The molecule has 2 aliphatic rings. The van der Waals surface area contributed by atoms with Gasteiger partial charge in [-0.05, 0) is 49.9 Å². The van der Waals surface area contributed by atoms with Crippen molar-refractivity contribution >= 4 is 27.5 Å². The van der Waals surface area contributed by atoms with Crippen LogP contribution in [0.15, 0.2) is 29.2 Å². The van der Waals surface area contributed by atoms with E-state index >= 15 is 0 Å². The number of carbonyl (C=O) groups is 1. The van der Waals surface area contributed by atoms with Crippen LogP contribution >= 0.6 is 11.6 Å². The summed E-state index contributed by atoms with van der Waals surface area (Å²) >= 11 is 5.83. The number of benzene rings is 1. The van der Waals surface area contributed by atoms with Crippen LogP contribution in [0.25, 0.3) is 0 Å². The van der Waals surface area contributed by atoms with Gasteiger partial charge >= 0.3 is 0 Å². The molecule has 0 aliphatic carbocycles. The SMILES string of the molecule is O=C(C1CCCN(S(=O)(=O)c2ccc(Cl)cc2)C1)N1CCC(O)CC1. The molecule has 8 heteroatoms. The molecule has 1 N–H and O–H groups in total. The zero-order valence-corrected chi connectivity index (χ0v) is 15.5. The number of rotatable bonds is 3. The van der Waals surface area contributed by atoms with Gasteiger partial charge in [0.1, 0.15) is 0 Å². The molecule has 1 unspecified atom stereocenters. The summed E-state index contributed by atoms with van der Waals surface area (Å²) in [5, 5.41) is 10.1. The Morgan fingerprint density at radius 1 is 1.08 bits per heavy atom. The van der Waals surface area contributed by atoms with Gasteiger partial charge in [-0.15, -0.1) is 0 Å². The maximum atomic E-state index is 12.8. The van der Waals surface area contributed by atoms with Crippen molar-refractivity contribution in [1.29, 1.82) is 0 Å². The third kappa shape index (κ3) is 4.16. The first-order valence-corrected chi connectivity index (χ1v) is 10.4. The lowest BCUT2D eigenvalue weighted by molar-refractivity contribution is -0.138. The fourth-order valence-corrected chi connectivity index (χ4v) is 5.11. The molecule has 1 aromatic carbocycles. The number of sulfonamides is 1. The highest BCUT2D eigenvalue weighted by atomic mass is 35.5. The Kier molecular flexibility index (Phi) is 5.68. The molecule has 1 atom stereocenters. The van der Waals surface area contributed by atoms with Crippen LogP contribution in [0.1, 0.15) is 25.7 Å². The average Bonchev–Trinajstić information content (AvgIpc) is 2.62. The van der Waals surface area contributed by atoms with E-state index < -0.39 is 10.0 Å². The summed E-state index contributed by atoms with van der Waals surface area (Å²) < 4.78 is 27.0. The standard InChI is InChI=1S/C17H23ClN2O4S/c18-14-3-5-16(6-4-14)25(23,24)20-9-1-2-13(12-20)17(22)19-10-7-15(21)8-11-19/h3-6,13,15,21H,1-2,7-12H2. The number of amides is 1. The summed E-state index contributed by atoms with van der Waals surface area (Å²) in [5.41, 5.74) is 0. The van der Waals surface area contributed by atoms with E-state index in [4.69, 9.17) is 11.6 Å². The van der Waals surface area contributed by atoms with Gasteiger partial charge in [-0.25, -0.2) is 8.42 Å². The molecule has 0 bridgehead atoms. The van der Waals surface area contributed by atoms with Crippen molar-refractivity contribution in [2.24, 2.45) is 5.92 Å². The van der Waals surface area contributed by atoms with Gasteiger partial charge in [0.25, 0.3) is 0 Å². The average molecular weight is 387 g/mol. The van der Waals surface area contributed by atoms with Gasteiger partial charge in [0.2, 0.25) is 15.9 Å². The molecule has 0 saturated carbocycles. The van der Waals surface area contributed by atoms with Crippen molar-refractivity contribution in [2.45, 2.75) is 36.7 Å². The van der Waals surface area contributed by atoms with Crippen LogP contribution in [0.3, 0.4) is 0 Å². The van der Waals surface area contributed by atoms with Gasteiger partial charge in [-0.2, -0.15) is 4.31 Å². The smallest absolute Gasteiger partial charge is 0.243 e. The maximum absolute atomic E-state index is 12.8. The molecule has 1 aromatic rings. The Morgan fingerprint density at radius 2 is 1.72 bits per heavy atom. The highest BCUT2D eigenvalue weighted by Gasteiger charge is 2.35. The van der Waals surface area contributed by atoms with E-state index in [0.717, 1.165) is 0 Å². The third-order valence-electron chi connectivity index (χ3n) is 4.96. The van der Waals surface area contributed by atoms with E-state index in [-0.39, 0.29) is 29.4 Å². The number of hydrogen-bond acceptors (Lipinski definition) is 4. The van der Waals surface area contributed by atoms with Crippen molar-refractivity contribution in [3.8, 4) is 0 Å². The van der Waals surface area contributed by atoms with Gasteiger partial charge < -0.3 is 10.0 Å². The molecular formula is C17H23ClN2O4S. The molecule has 0 radical (unpaired) electrons. The largest absolute Gasteiger partial charge is 0.393 e. The second-order valence-electron chi connectivity index (χ2n) is 6.71. The van der Waals surface area contributed by atoms with Gasteiger partial charge in [-0.1, -0.05) is 11.6 Å². The van der Waals surface area contributed by atoms with Crippen LogP contribution < -0.4 is 0 Å². The number of halogens is 1. The summed E-state index contributed by atoms with van der Waals surface area (Å²) in [4.78, 5) is 14.7. The number of piperidine rings is 2. The van der Waals surface area contributed by atoms with Crippen LogP contribution in [-0.4, -0.2) is 60.9 Å². The van der Waals surface area contributed by atoms with E-state index in [2.05, 4.69) is 0 Å². The van der Waals surface area contributed by atoms with Gasteiger partial charge in [0, 0.05) is 31.2 Å². The van der Waals surface area contributed by atoms with Crippen molar-refractivity contribution in [3.05, 3.63) is 29.3 Å². The normalized spacial score (nSPS) is 23.6. The van der Waals surface area contributed by atoms with E-state index in [1.807, 2.05) is 0 Å². The second-order valence-corrected chi connectivity index (χ2v) is 9.09. The van der Waals surface area contributed by atoms with Crippen LogP contribution in [-0.2, 0) is 14.8 Å². The first kappa shape index (κ1) is 18.6. The number of carbonyl (C=O) groups excluding carboxylic acids is 1. The van der Waals surface area contributed by atoms with Crippen LogP contribution in [0, 0.1) is 5.92 Å². The fraction of sp³-hybridized carbons (Fsp3) is 0.588. The minimum atomic E-state index is -3.62. The zero-order chi connectivity index (χ0) is 18.0. The fourth-order valence-electron chi connectivity index (χ4n) is 3.46. The number of aliphatic hydroxyl groups is 1. The van der Waals surface area contributed by atoms with Crippen LogP contribution in [0.2, 0.25) is 5.02 Å². The molecule has 0 spiro atoms. The molecule has 2 fully saturated rings. The van der Waals surface area contributed by atoms with Crippen molar-refractivity contribution < 1.29 is 18.3 Å². The minimum Gasteiger partial charge on any atom is -0.393 e. The molecular weight excluding hydrogens is 364 g/mol. The van der Waals surface area contributed by atoms with Gasteiger partial charge in [0.05, 0.1) is 16.9 Å². The molecule has 2 heterocycles. The Bertz CT molecular complexity index is 715. The monoisotopic (exact) mass is 386 g/mol. The number of aliphatic hydroxyl groups excluding tert-OH is 1. The van der Waals surface area contributed by atoms with Crippen molar-refractivity contribution in [1.82, 2.24) is 9.21 Å². The quantitative estimate of drug-likeness (QED) is 0.858. The minimum absolute atomic E-state index is 0.00269. The zero-order valence-electron chi connectivity index (χ0n) is 14.0. The first-order valence-electron chi connectivity index (χ1n) is 8.60. The van der Waals surface area contributed by atoms with Crippen molar-refractivity contribution in [2.75, 3.05) is 26.2 Å². The lowest BCUT2D eigenvalue weighted by Crippen LogP contribution is -2.49. The Morgan fingerprint density at radius 3 is 2.36 bits per heavy atom. The predicted octanol–water partition coefficient (Wildman–Crippen LogP) is 1.72. The van der Waals surface area contributed by atoms with E-state index in [1.54, 1.807) is 17.0 Å². The number of hydrogen-bond donors (Lipinski definition) is 1. The summed E-state index contributed by atoms with van der Waals surface area (Å²) in [6.07, 6.45) is 2.21. The second kappa shape index (κ2) is 7.61. The summed E-state index contributed by atoms with van der Waals surface area (Å²) in [7, 11) is -3.62. The number of likely N-dealkylation sites (tertiary alicyclic amines) is 1. The predicted molar refractivity (Wildman–Crippen MR) is 94.8 cm³/mol. The molecule has 3 rings (SSSR count). The lowest BCUT2D eigenvalue weighted by Gasteiger charge is -2.36. The Hall–Kier alpha value is -1.15. The highest BCUT2D eigenvalue weighted by Crippen LogP contribution is 2.26. The molecule has 138 valence electrons. The molecule has 25 heavy (non-hydrogen) atoms. The Balaban J connectivity index is 1.70. The molecule has 1 amide bonds.